The highest BCUT2D eigenvalue weighted by Crippen LogP contribution is 2.38. The quantitative estimate of drug-likeness (QED) is 0.780. The van der Waals surface area contributed by atoms with Crippen molar-refractivity contribution in [2.75, 3.05) is 6.54 Å². The average Bonchev–Trinajstić information content (AvgIpc) is 3.00. The number of benzene rings is 1. The summed E-state index contributed by atoms with van der Waals surface area (Å²) in [6.45, 7) is 0.680. The van der Waals surface area contributed by atoms with Crippen molar-refractivity contribution in [1.29, 1.82) is 0 Å². The Hall–Kier alpha value is -0.890. The number of halogens is 1. The van der Waals surface area contributed by atoms with Gasteiger partial charge in [-0.25, -0.2) is 4.39 Å². The van der Waals surface area contributed by atoms with Gasteiger partial charge in [-0.05, 0) is 49.3 Å². The summed E-state index contributed by atoms with van der Waals surface area (Å²) in [4.78, 5) is 0. The molecule has 1 aliphatic carbocycles. The second kappa shape index (κ2) is 4.09. The van der Waals surface area contributed by atoms with Crippen molar-refractivity contribution in [3.05, 3.63) is 35.6 Å². The van der Waals surface area contributed by atoms with Gasteiger partial charge in [-0.3, -0.25) is 0 Å². The normalized spacial score (nSPS) is 18.1. The molecule has 0 aromatic heterocycles. The van der Waals surface area contributed by atoms with E-state index in [9.17, 15) is 4.39 Å². The van der Waals surface area contributed by atoms with Gasteiger partial charge in [-0.1, -0.05) is 18.2 Å². The Labute approximate surface area is 84.1 Å². The molecule has 1 nitrogen and oxygen atoms in total. The first-order chi connectivity index (χ1) is 6.81. The van der Waals surface area contributed by atoms with Crippen LogP contribution in [0, 0.1) is 17.7 Å². The number of hydrogen-bond donors (Lipinski definition) is 1. The zero-order valence-electron chi connectivity index (χ0n) is 8.25. The number of rotatable bonds is 4. The molecular formula is C12H16FN. The molecule has 1 aromatic rings. The molecule has 2 N–H and O–H groups in total. The van der Waals surface area contributed by atoms with Crippen LogP contribution in [0.1, 0.15) is 18.4 Å². The average molecular weight is 193 g/mol. The van der Waals surface area contributed by atoms with Crippen molar-refractivity contribution >= 4 is 0 Å². The van der Waals surface area contributed by atoms with E-state index in [1.807, 2.05) is 12.1 Å². The van der Waals surface area contributed by atoms with Crippen molar-refractivity contribution in [2.24, 2.45) is 17.6 Å². The van der Waals surface area contributed by atoms with Crippen LogP contribution in [0.25, 0.3) is 0 Å². The van der Waals surface area contributed by atoms with Crippen molar-refractivity contribution < 1.29 is 4.39 Å². The lowest BCUT2D eigenvalue weighted by atomic mass is 9.95. The Bertz CT molecular complexity index is 307. The van der Waals surface area contributed by atoms with E-state index in [0.717, 1.165) is 17.9 Å². The van der Waals surface area contributed by atoms with Crippen LogP contribution in [-0.4, -0.2) is 6.54 Å². The molecule has 76 valence electrons. The minimum absolute atomic E-state index is 0.0911. The van der Waals surface area contributed by atoms with Crippen LogP contribution >= 0.6 is 0 Å². The van der Waals surface area contributed by atoms with Crippen molar-refractivity contribution in [1.82, 2.24) is 0 Å². The molecule has 1 aliphatic rings. The first-order valence-corrected chi connectivity index (χ1v) is 5.24. The fraction of sp³-hybridized carbons (Fsp3) is 0.500. The van der Waals surface area contributed by atoms with Crippen molar-refractivity contribution in [2.45, 2.75) is 19.3 Å². The van der Waals surface area contributed by atoms with E-state index in [-0.39, 0.29) is 5.82 Å². The highest BCUT2D eigenvalue weighted by Gasteiger charge is 2.30. The molecule has 0 spiro atoms. The van der Waals surface area contributed by atoms with Crippen LogP contribution < -0.4 is 5.73 Å². The summed E-state index contributed by atoms with van der Waals surface area (Å²) >= 11 is 0. The summed E-state index contributed by atoms with van der Waals surface area (Å²) in [5.74, 6) is 1.14. The molecule has 1 aromatic carbocycles. The summed E-state index contributed by atoms with van der Waals surface area (Å²) in [6, 6.07) is 7.00. The molecule has 2 rings (SSSR count). The molecule has 1 fully saturated rings. The molecule has 1 atom stereocenters. The predicted molar refractivity (Wildman–Crippen MR) is 55.4 cm³/mol. The molecule has 2 heteroatoms. The topological polar surface area (TPSA) is 26.0 Å². The SMILES string of the molecule is NCC(Cc1ccccc1F)C1CC1. The first kappa shape index (κ1) is 9.66. The maximum absolute atomic E-state index is 13.3. The molecule has 0 radical (unpaired) electrons. The molecule has 0 amide bonds. The molecule has 14 heavy (non-hydrogen) atoms. The molecule has 0 saturated heterocycles. The van der Waals surface area contributed by atoms with Crippen LogP contribution in [0.3, 0.4) is 0 Å². The minimum atomic E-state index is -0.0911. The number of nitrogens with two attached hydrogens (primary N) is 1. The molecule has 0 aliphatic heterocycles. The third kappa shape index (κ3) is 2.13. The van der Waals surface area contributed by atoms with Crippen molar-refractivity contribution in [3.63, 3.8) is 0 Å². The Morgan fingerprint density at radius 3 is 2.64 bits per heavy atom. The highest BCUT2D eigenvalue weighted by atomic mass is 19.1. The molecule has 0 bridgehead atoms. The van der Waals surface area contributed by atoms with E-state index in [0.29, 0.717) is 12.5 Å². The fourth-order valence-electron chi connectivity index (χ4n) is 1.96. The Kier molecular flexibility index (Phi) is 2.82. The maximum atomic E-state index is 13.3. The van der Waals surface area contributed by atoms with E-state index in [4.69, 9.17) is 5.73 Å². The van der Waals surface area contributed by atoms with Crippen LogP contribution in [0.4, 0.5) is 4.39 Å². The third-order valence-corrected chi connectivity index (χ3v) is 3.03. The van der Waals surface area contributed by atoms with E-state index in [1.54, 1.807) is 6.07 Å². The van der Waals surface area contributed by atoms with Gasteiger partial charge in [0.25, 0.3) is 0 Å². The molecule has 1 saturated carbocycles. The summed E-state index contributed by atoms with van der Waals surface area (Å²) in [5.41, 5.74) is 6.50. The number of hydrogen-bond acceptors (Lipinski definition) is 1. The highest BCUT2D eigenvalue weighted by molar-refractivity contribution is 5.18. The Balaban J connectivity index is 2.04. The largest absolute Gasteiger partial charge is 0.330 e. The summed E-state index contributed by atoms with van der Waals surface area (Å²) < 4.78 is 13.3. The molecular weight excluding hydrogens is 177 g/mol. The van der Waals surface area contributed by atoms with Crippen LogP contribution in [0.15, 0.2) is 24.3 Å². The van der Waals surface area contributed by atoms with Gasteiger partial charge in [0, 0.05) is 0 Å². The summed E-state index contributed by atoms with van der Waals surface area (Å²) in [7, 11) is 0. The maximum Gasteiger partial charge on any atom is 0.126 e. The Morgan fingerprint density at radius 1 is 1.36 bits per heavy atom. The molecule has 0 heterocycles. The predicted octanol–water partition coefficient (Wildman–Crippen LogP) is 2.35. The minimum Gasteiger partial charge on any atom is -0.330 e. The lowest BCUT2D eigenvalue weighted by Gasteiger charge is -2.13. The fourth-order valence-corrected chi connectivity index (χ4v) is 1.96. The van der Waals surface area contributed by atoms with Gasteiger partial charge in [0.1, 0.15) is 5.82 Å². The van der Waals surface area contributed by atoms with Gasteiger partial charge in [-0.15, -0.1) is 0 Å². The Morgan fingerprint density at radius 2 is 2.07 bits per heavy atom. The van der Waals surface area contributed by atoms with Gasteiger partial charge in [0.05, 0.1) is 0 Å². The van der Waals surface area contributed by atoms with E-state index in [1.165, 1.54) is 18.9 Å². The van der Waals surface area contributed by atoms with Gasteiger partial charge in [-0.2, -0.15) is 0 Å². The molecule has 1 unspecified atom stereocenters. The summed E-state index contributed by atoms with van der Waals surface area (Å²) in [5, 5.41) is 0. The zero-order chi connectivity index (χ0) is 9.97. The standard InChI is InChI=1S/C12H16FN/c13-12-4-2-1-3-10(12)7-11(8-14)9-5-6-9/h1-4,9,11H,5-8,14H2. The van der Waals surface area contributed by atoms with Crippen LogP contribution in [0.5, 0.6) is 0 Å². The second-order valence-electron chi connectivity index (χ2n) is 4.13. The van der Waals surface area contributed by atoms with E-state index < -0.39 is 0 Å². The zero-order valence-corrected chi connectivity index (χ0v) is 8.25. The van der Waals surface area contributed by atoms with Gasteiger partial charge >= 0.3 is 0 Å². The monoisotopic (exact) mass is 193 g/mol. The van der Waals surface area contributed by atoms with Crippen LogP contribution in [0.2, 0.25) is 0 Å². The summed E-state index contributed by atoms with van der Waals surface area (Å²) in [6.07, 6.45) is 3.35. The lowest BCUT2D eigenvalue weighted by Crippen LogP contribution is -2.19. The van der Waals surface area contributed by atoms with Crippen molar-refractivity contribution in [3.8, 4) is 0 Å². The van der Waals surface area contributed by atoms with E-state index >= 15 is 0 Å². The van der Waals surface area contributed by atoms with Gasteiger partial charge < -0.3 is 5.73 Å². The lowest BCUT2D eigenvalue weighted by molar-refractivity contribution is 0.459. The smallest absolute Gasteiger partial charge is 0.126 e. The second-order valence-corrected chi connectivity index (χ2v) is 4.13. The first-order valence-electron chi connectivity index (χ1n) is 5.24. The third-order valence-electron chi connectivity index (χ3n) is 3.03. The van der Waals surface area contributed by atoms with E-state index in [2.05, 4.69) is 0 Å². The van der Waals surface area contributed by atoms with Gasteiger partial charge in [0.2, 0.25) is 0 Å². The van der Waals surface area contributed by atoms with Gasteiger partial charge in [0.15, 0.2) is 0 Å². The van der Waals surface area contributed by atoms with Crippen LogP contribution in [-0.2, 0) is 6.42 Å².